The largest absolute Gasteiger partial charge is 0.370 e. The highest BCUT2D eigenvalue weighted by atomic mass is 32.3. The molecule has 6 rings (SSSR count). The Kier molecular flexibility index (Phi) is 15.5. The number of carbonyl (C=O) groups is 7. The SMILES string of the molecule is NC(=O)CC(S(=O)(=O)c1ccc(C(=O)C(=O)CCc2ccccc2)cc1)(S(=O)(=O)c1ccc(C(=O)C(=O)CCc2ccccc2)cc1)S(=O)(=O)c1ccc(C(=O)C(=O)CCc2ccccc2)cc1. The zero-order chi connectivity index (χ0) is 49.3. The minimum absolute atomic E-state index is 0.209. The monoisotopic (exact) mass is 973 g/mol. The second-order valence-electron chi connectivity index (χ2n) is 15.6. The third-order valence-electron chi connectivity index (χ3n) is 11.1. The average molecular weight is 974 g/mol. The molecule has 1 amide bonds. The van der Waals surface area contributed by atoms with Crippen molar-refractivity contribution < 1.29 is 58.8 Å². The van der Waals surface area contributed by atoms with Crippen molar-refractivity contribution in [2.75, 3.05) is 0 Å². The van der Waals surface area contributed by atoms with Crippen LogP contribution in [0.15, 0.2) is 178 Å². The molecule has 6 aromatic rings. The normalized spacial score (nSPS) is 11.9. The molecule has 0 spiro atoms. The van der Waals surface area contributed by atoms with Gasteiger partial charge in [0.1, 0.15) is 0 Å². The summed E-state index contributed by atoms with van der Waals surface area (Å²) in [6.07, 6.45) is -1.90. The number of hydrogen-bond donors (Lipinski definition) is 1. The van der Waals surface area contributed by atoms with Crippen LogP contribution in [0.4, 0.5) is 0 Å². The smallest absolute Gasteiger partial charge is 0.294 e. The van der Waals surface area contributed by atoms with Gasteiger partial charge in [-0.2, -0.15) is 0 Å². The molecule has 2 N–H and O–H groups in total. The maximum absolute atomic E-state index is 15.1. The predicted octanol–water partition coefficient (Wildman–Crippen LogP) is 6.09. The molecule has 0 atom stereocenters. The molecule has 0 aliphatic rings. The van der Waals surface area contributed by atoms with Crippen molar-refractivity contribution in [3.63, 3.8) is 0 Å². The first-order valence-corrected chi connectivity index (χ1v) is 25.4. The fraction of sp³-hybridized carbons (Fsp3) is 0.157. The number of sulfone groups is 3. The molecule has 0 bridgehead atoms. The number of primary amides is 1. The lowest BCUT2D eigenvalue weighted by Gasteiger charge is -2.32. The molecule has 0 fully saturated rings. The highest BCUT2D eigenvalue weighted by Gasteiger charge is 2.67. The van der Waals surface area contributed by atoms with E-state index in [1.165, 1.54) is 0 Å². The summed E-state index contributed by atoms with van der Waals surface area (Å²) in [7, 11) is -17.8. The molecule has 0 saturated heterocycles. The van der Waals surface area contributed by atoms with Crippen molar-refractivity contribution >= 4 is 70.1 Å². The van der Waals surface area contributed by atoms with Gasteiger partial charge in [0.15, 0.2) is 0 Å². The Morgan fingerprint density at radius 2 is 0.588 bits per heavy atom. The molecule has 6 aromatic carbocycles. The fourth-order valence-electron chi connectivity index (χ4n) is 7.36. The standard InChI is InChI=1S/C51H43NO13S3/c52-47(56)34-51(66(60,61)41-25-19-38(20-26-41)48(57)44(53)31-16-35-10-4-1-5-11-35,67(62,63)42-27-21-39(22-28-42)49(58)45(54)32-17-36-12-6-2-7-13-36)68(64,65)43-29-23-40(24-30-43)50(59)46(55)33-18-37-14-8-3-9-15-37/h1-15,19-30H,16-18,31-34H2,(H2,52,56). The Bertz CT molecular complexity index is 2890. The van der Waals surface area contributed by atoms with Gasteiger partial charge in [0.2, 0.25) is 70.1 Å². The summed E-state index contributed by atoms with van der Waals surface area (Å²) in [5.74, 6) is -7.27. The predicted molar refractivity (Wildman–Crippen MR) is 250 cm³/mol. The number of rotatable bonds is 23. The van der Waals surface area contributed by atoms with E-state index in [1.54, 1.807) is 91.0 Å². The molecule has 0 radical (unpaired) electrons. The minimum Gasteiger partial charge on any atom is -0.370 e. The van der Waals surface area contributed by atoms with Crippen LogP contribution in [0.5, 0.6) is 0 Å². The lowest BCUT2D eigenvalue weighted by molar-refractivity contribution is -0.118. The Morgan fingerprint density at radius 3 is 0.809 bits per heavy atom. The van der Waals surface area contributed by atoms with Gasteiger partial charge in [0.25, 0.3) is 3.41 Å². The first-order chi connectivity index (χ1) is 32.3. The number of benzene rings is 6. The molecule has 0 aliphatic heterocycles. The van der Waals surface area contributed by atoms with Gasteiger partial charge < -0.3 is 5.73 Å². The van der Waals surface area contributed by atoms with Gasteiger partial charge in [-0.25, -0.2) is 25.3 Å². The van der Waals surface area contributed by atoms with Crippen LogP contribution < -0.4 is 5.73 Å². The second kappa shape index (κ2) is 21.1. The molecule has 68 heavy (non-hydrogen) atoms. The highest BCUT2D eigenvalue weighted by molar-refractivity contribution is 8.25. The molecular weight excluding hydrogens is 931 g/mol. The first kappa shape index (κ1) is 50.1. The summed E-state index contributed by atoms with van der Waals surface area (Å²) in [5, 5.41) is 0. The summed E-state index contributed by atoms with van der Waals surface area (Å²) in [6, 6.07) is 35.9. The molecule has 0 aromatic heterocycles. The fourth-order valence-corrected chi connectivity index (χ4v) is 16.1. The Labute approximate surface area is 393 Å². The zero-order valence-electron chi connectivity index (χ0n) is 36.1. The van der Waals surface area contributed by atoms with Gasteiger partial charge in [-0.1, -0.05) is 91.0 Å². The van der Waals surface area contributed by atoms with Crippen molar-refractivity contribution in [1.82, 2.24) is 0 Å². The van der Waals surface area contributed by atoms with Crippen LogP contribution >= 0.6 is 0 Å². The van der Waals surface area contributed by atoms with E-state index in [0.717, 1.165) is 53.1 Å². The summed E-state index contributed by atoms with van der Waals surface area (Å²) in [5.41, 5.74) is 6.89. The maximum Gasteiger partial charge on any atom is 0.294 e. The molecule has 14 nitrogen and oxygen atoms in total. The van der Waals surface area contributed by atoms with E-state index in [2.05, 4.69) is 0 Å². The van der Waals surface area contributed by atoms with Gasteiger partial charge in [0.05, 0.1) is 21.1 Å². The van der Waals surface area contributed by atoms with E-state index in [4.69, 9.17) is 5.73 Å². The number of carbonyl (C=O) groups excluding carboxylic acids is 7. The summed E-state index contributed by atoms with van der Waals surface area (Å²) >= 11 is 0. The van der Waals surface area contributed by atoms with Gasteiger partial charge in [-0.15, -0.1) is 0 Å². The van der Waals surface area contributed by atoms with Crippen molar-refractivity contribution in [3.8, 4) is 0 Å². The number of amides is 1. The Balaban J connectivity index is 1.40. The topological polar surface area (TPSA) is 248 Å². The van der Waals surface area contributed by atoms with E-state index in [-0.39, 0.29) is 55.2 Å². The molecule has 17 heteroatoms. The quantitative estimate of drug-likeness (QED) is 0.0565. The van der Waals surface area contributed by atoms with Crippen LogP contribution in [0.1, 0.15) is 73.4 Å². The first-order valence-electron chi connectivity index (χ1n) is 21.0. The Hall–Kier alpha value is -7.34. The molecule has 0 saturated carbocycles. The third-order valence-corrected chi connectivity index (χ3v) is 20.6. The van der Waals surface area contributed by atoms with E-state index in [9.17, 15) is 33.6 Å². The van der Waals surface area contributed by atoms with E-state index >= 15 is 25.3 Å². The minimum atomic E-state index is -5.94. The third kappa shape index (κ3) is 10.6. The van der Waals surface area contributed by atoms with Crippen molar-refractivity contribution in [1.29, 1.82) is 0 Å². The number of aryl methyl sites for hydroxylation is 3. The summed E-state index contributed by atoms with van der Waals surface area (Å²) in [6.45, 7) is 0. The van der Waals surface area contributed by atoms with E-state index in [0.29, 0.717) is 36.4 Å². The molecular formula is C51H43NO13S3. The van der Waals surface area contributed by atoms with E-state index < -0.39 is 94.6 Å². The van der Waals surface area contributed by atoms with E-state index in [1.807, 2.05) is 0 Å². The van der Waals surface area contributed by atoms with Crippen LogP contribution in [0.3, 0.4) is 0 Å². The average Bonchev–Trinajstić information content (AvgIpc) is 3.35. The van der Waals surface area contributed by atoms with Gasteiger partial charge in [-0.05, 0) is 109 Å². The van der Waals surface area contributed by atoms with Crippen LogP contribution in [-0.4, -0.2) is 69.3 Å². The maximum atomic E-state index is 15.1. The van der Waals surface area contributed by atoms with Crippen LogP contribution in [-0.2, 0) is 68.0 Å². The number of Topliss-reactive ketones (excluding diaryl/α,β-unsaturated/α-hetero) is 6. The molecule has 0 aliphatic carbocycles. The highest BCUT2D eigenvalue weighted by Crippen LogP contribution is 2.46. The number of nitrogens with two attached hydrogens (primary N) is 1. The zero-order valence-corrected chi connectivity index (χ0v) is 38.6. The second-order valence-corrected chi connectivity index (χ2v) is 22.9. The van der Waals surface area contributed by atoms with Gasteiger partial charge in [-0.3, -0.25) is 33.6 Å². The lowest BCUT2D eigenvalue weighted by Crippen LogP contribution is -2.55. The summed E-state index contributed by atoms with van der Waals surface area (Å²) in [4.78, 5) is 88.0. The number of hydrogen-bond acceptors (Lipinski definition) is 13. The molecule has 0 unspecified atom stereocenters. The van der Waals surface area contributed by atoms with Gasteiger partial charge in [0, 0.05) is 36.0 Å². The van der Waals surface area contributed by atoms with Gasteiger partial charge >= 0.3 is 0 Å². The van der Waals surface area contributed by atoms with Crippen LogP contribution in [0.2, 0.25) is 0 Å². The Morgan fingerprint density at radius 1 is 0.353 bits per heavy atom. The molecule has 0 heterocycles. The lowest BCUT2D eigenvalue weighted by atomic mass is 10.0. The molecule has 348 valence electrons. The van der Waals surface area contributed by atoms with Crippen molar-refractivity contribution in [2.24, 2.45) is 5.73 Å². The number of ketones is 6. The van der Waals surface area contributed by atoms with Crippen LogP contribution in [0.25, 0.3) is 0 Å². The summed E-state index contributed by atoms with van der Waals surface area (Å²) < 4.78 is 86.3. The van der Waals surface area contributed by atoms with Crippen LogP contribution in [0, 0.1) is 0 Å². The van der Waals surface area contributed by atoms with Crippen molar-refractivity contribution in [3.05, 3.63) is 197 Å². The van der Waals surface area contributed by atoms with Crippen molar-refractivity contribution in [2.45, 2.75) is 63.0 Å².